The standard InChI is InChI=1S/C37H40F2N2O5/c1-4-44-34(42)31-25(2)40-26(3)32(33(31)29-17-11-12-18-30(29)46-36(38)39)35(43)45-24-23-41-21-19-37(20-22-41,27-13-7-5-8-14-27)28-15-9-6-10-16-28/h5-18,33,36,40H,4,19-24H2,1-3H3. The van der Waals surface area contributed by atoms with Crippen molar-refractivity contribution in [1.29, 1.82) is 0 Å². The third kappa shape index (κ3) is 6.99. The molecule has 1 saturated heterocycles. The number of nitrogens with zero attached hydrogens (tertiary/aromatic N) is 1. The Morgan fingerprint density at radius 2 is 1.35 bits per heavy atom. The third-order valence-electron chi connectivity index (χ3n) is 8.92. The second-order valence-corrected chi connectivity index (χ2v) is 11.6. The van der Waals surface area contributed by atoms with E-state index in [-0.39, 0.29) is 41.1 Å². The number of piperidine rings is 1. The molecule has 1 unspecified atom stereocenters. The van der Waals surface area contributed by atoms with E-state index in [9.17, 15) is 18.4 Å². The van der Waals surface area contributed by atoms with E-state index < -0.39 is 24.5 Å². The third-order valence-corrected chi connectivity index (χ3v) is 8.92. The molecular formula is C37H40F2N2O5. The van der Waals surface area contributed by atoms with Gasteiger partial charge in [-0.25, -0.2) is 9.59 Å². The molecule has 0 radical (unpaired) electrons. The van der Waals surface area contributed by atoms with Gasteiger partial charge >= 0.3 is 18.6 Å². The molecule has 0 aromatic heterocycles. The first kappa shape index (κ1) is 32.9. The lowest BCUT2D eigenvalue weighted by Crippen LogP contribution is -2.44. The van der Waals surface area contributed by atoms with Crippen LogP contribution in [-0.2, 0) is 24.5 Å². The maximum atomic E-state index is 13.8. The van der Waals surface area contributed by atoms with Crippen molar-refractivity contribution in [3.63, 3.8) is 0 Å². The van der Waals surface area contributed by atoms with Crippen molar-refractivity contribution >= 4 is 11.9 Å². The summed E-state index contributed by atoms with van der Waals surface area (Å²) < 4.78 is 42.8. The summed E-state index contributed by atoms with van der Waals surface area (Å²) in [7, 11) is 0. The normalized spacial score (nSPS) is 18.3. The van der Waals surface area contributed by atoms with Gasteiger partial charge in [-0.3, -0.25) is 4.90 Å². The molecule has 2 heterocycles. The number of halogens is 2. The van der Waals surface area contributed by atoms with Gasteiger partial charge in [0.05, 0.1) is 23.7 Å². The number of nitrogens with one attached hydrogen (secondary N) is 1. The van der Waals surface area contributed by atoms with E-state index in [2.05, 4.69) is 58.7 Å². The number of hydrogen-bond donors (Lipinski definition) is 1. The van der Waals surface area contributed by atoms with Crippen molar-refractivity contribution in [2.45, 2.75) is 51.6 Å². The van der Waals surface area contributed by atoms with E-state index in [0.29, 0.717) is 17.9 Å². The van der Waals surface area contributed by atoms with Crippen LogP contribution in [0.4, 0.5) is 8.78 Å². The number of hydrogen-bond acceptors (Lipinski definition) is 7. The largest absolute Gasteiger partial charge is 0.463 e. The molecule has 1 N–H and O–H groups in total. The summed E-state index contributed by atoms with van der Waals surface area (Å²) in [6, 6.07) is 27.3. The van der Waals surface area contributed by atoms with Crippen LogP contribution in [-0.4, -0.2) is 56.3 Å². The van der Waals surface area contributed by atoms with Crippen LogP contribution in [0.25, 0.3) is 0 Å². The number of para-hydroxylation sites is 1. The van der Waals surface area contributed by atoms with Gasteiger partial charge in [0, 0.05) is 28.9 Å². The number of rotatable bonds is 11. The Hall–Kier alpha value is -4.50. The second kappa shape index (κ2) is 14.7. The van der Waals surface area contributed by atoms with E-state index >= 15 is 0 Å². The first-order chi connectivity index (χ1) is 22.2. The van der Waals surface area contributed by atoms with E-state index in [1.165, 1.54) is 17.2 Å². The highest BCUT2D eigenvalue weighted by atomic mass is 19.3. The Bertz CT molecular complexity index is 1540. The molecule has 1 fully saturated rings. The highest BCUT2D eigenvalue weighted by molar-refractivity contribution is 6.00. The molecule has 3 aromatic carbocycles. The van der Waals surface area contributed by atoms with E-state index in [1.54, 1.807) is 39.0 Å². The van der Waals surface area contributed by atoms with E-state index in [1.807, 2.05) is 12.1 Å². The molecule has 0 amide bonds. The number of allylic oxidation sites excluding steroid dienone is 2. The molecule has 3 aromatic rings. The van der Waals surface area contributed by atoms with Gasteiger partial charge in [-0.1, -0.05) is 78.9 Å². The van der Waals surface area contributed by atoms with Crippen LogP contribution >= 0.6 is 0 Å². The van der Waals surface area contributed by atoms with Crippen molar-refractivity contribution < 1.29 is 32.6 Å². The summed E-state index contributed by atoms with van der Waals surface area (Å²) >= 11 is 0. The molecule has 46 heavy (non-hydrogen) atoms. The Morgan fingerprint density at radius 1 is 0.826 bits per heavy atom. The number of likely N-dealkylation sites (tertiary alicyclic amines) is 1. The average molecular weight is 631 g/mol. The summed E-state index contributed by atoms with van der Waals surface area (Å²) in [5.41, 5.74) is 3.93. The fourth-order valence-electron chi connectivity index (χ4n) is 6.74. The van der Waals surface area contributed by atoms with Gasteiger partial charge in [0.25, 0.3) is 0 Å². The summed E-state index contributed by atoms with van der Waals surface area (Å²) in [5.74, 6) is -2.47. The molecule has 242 valence electrons. The van der Waals surface area contributed by atoms with Gasteiger partial charge in [0.2, 0.25) is 0 Å². The lowest BCUT2D eigenvalue weighted by Gasteiger charge is -2.43. The van der Waals surface area contributed by atoms with E-state index in [4.69, 9.17) is 14.2 Å². The minimum Gasteiger partial charge on any atom is -0.463 e. The van der Waals surface area contributed by atoms with Crippen LogP contribution in [0.1, 0.15) is 56.2 Å². The van der Waals surface area contributed by atoms with Gasteiger partial charge in [0.1, 0.15) is 12.4 Å². The van der Waals surface area contributed by atoms with Crippen molar-refractivity contribution in [2.24, 2.45) is 0 Å². The molecule has 1 atom stereocenters. The van der Waals surface area contributed by atoms with Crippen molar-refractivity contribution in [2.75, 3.05) is 32.8 Å². The molecule has 5 rings (SSSR count). The predicted molar refractivity (Wildman–Crippen MR) is 171 cm³/mol. The number of dihydropyridines is 1. The zero-order valence-electron chi connectivity index (χ0n) is 26.4. The van der Waals surface area contributed by atoms with Gasteiger partial charge in [-0.05, 0) is 63.9 Å². The van der Waals surface area contributed by atoms with Crippen molar-refractivity contribution in [3.8, 4) is 5.75 Å². The summed E-state index contributed by atoms with van der Waals surface area (Å²) in [6.45, 7) is 4.36. The summed E-state index contributed by atoms with van der Waals surface area (Å²) in [4.78, 5) is 29.2. The fourth-order valence-corrected chi connectivity index (χ4v) is 6.74. The van der Waals surface area contributed by atoms with Gasteiger partial charge in [0.15, 0.2) is 0 Å². The van der Waals surface area contributed by atoms with Crippen LogP contribution in [0.2, 0.25) is 0 Å². The Labute approximate surface area is 268 Å². The van der Waals surface area contributed by atoms with Crippen LogP contribution in [0.15, 0.2) is 107 Å². The van der Waals surface area contributed by atoms with Crippen LogP contribution in [0.3, 0.4) is 0 Å². The molecule has 9 heteroatoms. The molecule has 2 aliphatic heterocycles. The molecule has 2 aliphatic rings. The topological polar surface area (TPSA) is 77.1 Å². The number of alkyl halides is 2. The van der Waals surface area contributed by atoms with Crippen LogP contribution in [0.5, 0.6) is 5.75 Å². The minimum absolute atomic E-state index is 0.0972. The second-order valence-electron chi connectivity index (χ2n) is 11.6. The summed E-state index contributed by atoms with van der Waals surface area (Å²) in [5, 5.41) is 3.10. The first-order valence-electron chi connectivity index (χ1n) is 15.6. The smallest absolute Gasteiger partial charge is 0.387 e. The van der Waals surface area contributed by atoms with Crippen LogP contribution < -0.4 is 10.1 Å². The Balaban J connectivity index is 1.32. The SMILES string of the molecule is CCOC(=O)C1=C(C)NC(C)=C(C(=O)OCCN2CCC(c3ccccc3)(c3ccccc3)CC2)C1c1ccccc1OC(F)F. The zero-order valence-corrected chi connectivity index (χ0v) is 26.4. The molecule has 0 bridgehead atoms. The number of benzene rings is 3. The number of esters is 2. The summed E-state index contributed by atoms with van der Waals surface area (Å²) in [6.07, 6.45) is 1.83. The lowest BCUT2D eigenvalue weighted by molar-refractivity contribution is -0.140. The van der Waals surface area contributed by atoms with Gasteiger partial charge in [-0.15, -0.1) is 0 Å². The molecule has 0 spiro atoms. The quantitative estimate of drug-likeness (QED) is 0.236. The highest BCUT2D eigenvalue weighted by Crippen LogP contribution is 2.44. The number of carbonyl (C=O) groups excluding carboxylic acids is 2. The number of ether oxygens (including phenoxy) is 3. The maximum Gasteiger partial charge on any atom is 0.387 e. The highest BCUT2D eigenvalue weighted by Gasteiger charge is 2.40. The molecular weight excluding hydrogens is 590 g/mol. The van der Waals surface area contributed by atoms with Gasteiger partial charge in [-0.2, -0.15) is 8.78 Å². The lowest BCUT2D eigenvalue weighted by atomic mass is 9.68. The fraction of sp³-hybridized carbons (Fsp3) is 0.351. The molecule has 7 nitrogen and oxygen atoms in total. The Kier molecular flexibility index (Phi) is 10.5. The maximum absolute atomic E-state index is 13.8. The van der Waals surface area contributed by atoms with Crippen LogP contribution in [0, 0.1) is 0 Å². The minimum atomic E-state index is -3.09. The zero-order chi connectivity index (χ0) is 32.7. The molecule has 0 aliphatic carbocycles. The predicted octanol–water partition coefficient (Wildman–Crippen LogP) is 6.71. The van der Waals surface area contributed by atoms with Crippen molar-refractivity contribution in [1.82, 2.24) is 10.2 Å². The monoisotopic (exact) mass is 630 g/mol. The van der Waals surface area contributed by atoms with Gasteiger partial charge < -0.3 is 19.5 Å². The van der Waals surface area contributed by atoms with E-state index in [0.717, 1.165) is 25.9 Å². The molecule has 0 saturated carbocycles. The number of carbonyl (C=O) groups is 2. The first-order valence-corrected chi connectivity index (χ1v) is 15.6. The average Bonchev–Trinajstić information content (AvgIpc) is 3.05. The van der Waals surface area contributed by atoms with Crippen molar-refractivity contribution in [3.05, 3.63) is 124 Å². The Morgan fingerprint density at radius 3 is 1.89 bits per heavy atom.